The molecule has 2 heterocycles. The molecule has 0 saturated carbocycles. The number of rotatable bonds is 7. The summed E-state index contributed by atoms with van der Waals surface area (Å²) in [6.45, 7) is 3.20. The van der Waals surface area contributed by atoms with Gasteiger partial charge in [-0.2, -0.15) is 0 Å². The number of carbonyl (C=O) groups excluding carboxylic acids is 2. The fourth-order valence-electron chi connectivity index (χ4n) is 3.81. The van der Waals surface area contributed by atoms with Crippen molar-refractivity contribution in [3.05, 3.63) is 64.9 Å². The third-order valence-electron chi connectivity index (χ3n) is 5.39. The van der Waals surface area contributed by atoms with Crippen LogP contribution in [0, 0.1) is 0 Å². The maximum Gasteiger partial charge on any atom is 0.253 e. The van der Waals surface area contributed by atoms with Crippen LogP contribution in [0.5, 0.6) is 0 Å². The average molecular weight is 441 g/mol. The first kappa shape index (κ1) is 21.3. The molecule has 1 aliphatic rings. The zero-order chi connectivity index (χ0) is 21.8. The Morgan fingerprint density at radius 1 is 1.23 bits per heavy atom. The third kappa shape index (κ3) is 4.89. The smallest absolute Gasteiger partial charge is 0.253 e. The Morgan fingerprint density at radius 3 is 2.77 bits per heavy atom. The van der Waals surface area contributed by atoms with E-state index in [0.717, 1.165) is 30.5 Å². The maximum absolute atomic E-state index is 12.7. The molecule has 2 aromatic carbocycles. The number of nitrogens with one attached hydrogen (secondary N) is 2. The molecule has 162 valence electrons. The minimum atomic E-state index is -0.429. The molecule has 0 spiro atoms. The molecule has 1 aromatic heterocycles. The van der Waals surface area contributed by atoms with Crippen LogP contribution in [0.4, 0.5) is 0 Å². The summed E-state index contributed by atoms with van der Waals surface area (Å²) in [5, 5.41) is 6.28. The van der Waals surface area contributed by atoms with E-state index >= 15 is 0 Å². The van der Waals surface area contributed by atoms with Gasteiger partial charge in [0, 0.05) is 13.2 Å². The van der Waals surface area contributed by atoms with Gasteiger partial charge in [0.25, 0.3) is 5.91 Å². The lowest BCUT2D eigenvalue weighted by Gasteiger charge is -2.17. The standard InChI is InChI=1S/C23H25ClN4O3/c1-15(26-23(30)17-8-2-3-9-18(17)24)22-27-19-10-4-5-11-20(19)28(22)14-21(29)25-13-16-7-6-12-31-16/h2-5,8-11,15-16H,6-7,12-14H2,1H3,(H,25,29)(H,26,30). The van der Waals surface area contributed by atoms with Gasteiger partial charge in [0.1, 0.15) is 12.4 Å². The van der Waals surface area contributed by atoms with Crippen molar-refractivity contribution in [3.8, 4) is 0 Å². The third-order valence-corrected chi connectivity index (χ3v) is 5.72. The van der Waals surface area contributed by atoms with Gasteiger partial charge in [-0.15, -0.1) is 0 Å². The Morgan fingerprint density at radius 2 is 2.00 bits per heavy atom. The zero-order valence-corrected chi connectivity index (χ0v) is 18.1. The van der Waals surface area contributed by atoms with Crippen LogP contribution in [0.25, 0.3) is 11.0 Å². The highest BCUT2D eigenvalue weighted by Crippen LogP contribution is 2.22. The number of hydrogen-bond acceptors (Lipinski definition) is 4. The van der Waals surface area contributed by atoms with Gasteiger partial charge >= 0.3 is 0 Å². The van der Waals surface area contributed by atoms with Crippen LogP contribution < -0.4 is 10.6 Å². The first-order chi connectivity index (χ1) is 15.0. The lowest BCUT2D eigenvalue weighted by atomic mass is 10.2. The van der Waals surface area contributed by atoms with E-state index in [1.54, 1.807) is 24.3 Å². The Bertz CT molecular complexity index is 1090. The van der Waals surface area contributed by atoms with Gasteiger partial charge in [-0.05, 0) is 44.0 Å². The number of aromatic nitrogens is 2. The number of carbonyl (C=O) groups is 2. The van der Waals surface area contributed by atoms with Crippen LogP contribution >= 0.6 is 11.6 Å². The molecule has 1 fully saturated rings. The van der Waals surface area contributed by atoms with Crippen molar-refractivity contribution >= 4 is 34.4 Å². The highest BCUT2D eigenvalue weighted by atomic mass is 35.5. The summed E-state index contributed by atoms with van der Waals surface area (Å²) in [5.74, 6) is 0.193. The molecule has 2 unspecified atom stereocenters. The predicted octanol–water partition coefficient (Wildman–Crippen LogP) is 3.48. The number of amides is 2. The second-order valence-corrected chi connectivity index (χ2v) is 8.07. The summed E-state index contributed by atoms with van der Waals surface area (Å²) in [4.78, 5) is 30.1. The summed E-state index contributed by atoms with van der Waals surface area (Å²) in [7, 11) is 0. The summed E-state index contributed by atoms with van der Waals surface area (Å²) in [5.41, 5.74) is 2.00. The topological polar surface area (TPSA) is 85.2 Å². The van der Waals surface area contributed by atoms with Gasteiger partial charge in [-0.25, -0.2) is 4.98 Å². The lowest BCUT2D eigenvalue weighted by Crippen LogP contribution is -2.35. The lowest BCUT2D eigenvalue weighted by molar-refractivity contribution is -0.122. The minimum Gasteiger partial charge on any atom is -0.376 e. The Kier molecular flexibility index (Phi) is 6.53. The Hall–Kier alpha value is -2.90. The van der Waals surface area contributed by atoms with Crippen molar-refractivity contribution in [2.45, 2.75) is 38.5 Å². The van der Waals surface area contributed by atoms with E-state index in [9.17, 15) is 9.59 Å². The normalized spacial score (nSPS) is 16.9. The van der Waals surface area contributed by atoms with Crippen LogP contribution in [0.15, 0.2) is 48.5 Å². The first-order valence-corrected chi connectivity index (χ1v) is 10.8. The Balaban J connectivity index is 1.53. The SMILES string of the molecule is CC(NC(=O)c1ccccc1Cl)c1nc2ccccc2n1CC(=O)NCC1CCCO1. The zero-order valence-electron chi connectivity index (χ0n) is 17.3. The number of hydrogen-bond donors (Lipinski definition) is 2. The van der Waals surface area contributed by atoms with E-state index in [1.807, 2.05) is 35.8 Å². The number of nitrogens with zero attached hydrogens (tertiary/aromatic N) is 2. The number of halogens is 1. The minimum absolute atomic E-state index is 0.0804. The van der Waals surface area contributed by atoms with E-state index in [1.165, 1.54) is 0 Å². The molecule has 0 bridgehead atoms. The molecule has 2 atom stereocenters. The van der Waals surface area contributed by atoms with E-state index in [-0.39, 0.29) is 24.5 Å². The first-order valence-electron chi connectivity index (χ1n) is 10.4. The van der Waals surface area contributed by atoms with Gasteiger partial charge < -0.3 is 19.9 Å². The molecule has 3 aromatic rings. The molecule has 2 amide bonds. The van der Waals surface area contributed by atoms with Crippen LogP contribution in [-0.2, 0) is 16.1 Å². The van der Waals surface area contributed by atoms with Crippen molar-refractivity contribution in [1.29, 1.82) is 0 Å². The fraction of sp³-hybridized carbons (Fsp3) is 0.348. The summed E-state index contributed by atoms with van der Waals surface area (Å²) < 4.78 is 7.42. The fourth-order valence-corrected chi connectivity index (χ4v) is 4.03. The van der Waals surface area contributed by atoms with Gasteiger partial charge in [0.05, 0.1) is 33.8 Å². The number of ether oxygens (including phenoxy) is 1. The molecule has 2 N–H and O–H groups in total. The molecular formula is C23H25ClN4O3. The predicted molar refractivity (Wildman–Crippen MR) is 119 cm³/mol. The largest absolute Gasteiger partial charge is 0.376 e. The number of para-hydroxylation sites is 2. The molecule has 0 radical (unpaired) electrons. The molecule has 31 heavy (non-hydrogen) atoms. The van der Waals surface area contributed by atoms with Gasteiger partial charge in [-0.3, -0.25) is 9.59 Å². The van der Waals surface area contributed by atoms with Gasteiger partial charge in [-0.1, -0.05) is 35.9 Å². The quantitative estimate of drug-likeness (QED) is 0.589. The van der Waals surface area contributed by atoms with Crippen LogP contribution in [-0.4, -0.2) is 40.6 Å². The van der Waals surface area contributed by atoms with Gasteiger partial charge in [0.15, 0.2) is 0 Å². The van der Waals surface area contributed by atoms with Crippen molar-refractivity contribution in [2.75, 3.05) is 13.2 Å². The Labute approximate surface area is 185 Å². The average Bonchev–Trinajstić information content (AvgIpc) is 3.41. The molecule has 7 nitrogen and oxygen atoms in total. The van der Waals surface area contributed by atoms with E-state index < -0.39 is 6.04 Å². The molecule has 0 aliphatic carbocycles. The summed E-state index contributed by atoms with van der Waals surface area (Å²) in [6, 6.07) is 14.1. The van der Waals surface area contributed by atoms with Crippen molar-refractivity contribution < 1.29 is 14.3 Å². The van der Waals surface area contributed by atoms with E-state index in [0.29, 0.717) is 23.0 Å². The molecule has 4 rings (SSSR count). The van der Waals surface area contributed by atoms with Crippen LogP contribution in [0.1, 0.15) is 42.0 Å². The van der Waals surface area contributed by atoms with Gasteiger partial charge in [0.2, 0.25) is 5.91 Å². The van der Waals surface area contributed by atoms with Crippen LogP contribution in [0.3, 0.4) is 0 Å². The monoisotopic (exact) mass is 440 g/mol. The highest BCUT2D eigenvalue weighted by Gasteiger charge is 2.22. The molecule has 8 heteroatoms. The van der Waals surface area contributed by atoms with Crippen molar-refractivity contribution in [3.63, 3.8) is 0 Å². The molecule has 1 saturated heterocycles. The number of fused-ring (bicyclic) bond motifs is 1. The molecule has 1 aliphatic heterocycles. The van der Waals surface area contributed by atoms with E-state index in [2.05, 4.69) is 15.6 Å². The maximum atomic E-state index is 12.7. The number of imidazole rings is 1. The van der Waals surface area contributed by atoms with Crippen molar-refractivity contribution in [2.24, 2.45) is 0 Å². The second-order valence-electron chi connectivity index (χ2n) is 7.66. The summed E-state index contributed by atoms with van der Waals surface area (Å²) >= 11 is 6.16. The number of benzene rings is 2. The second kappa shape index (κ2) is 9.49. The molecular weight excluding hydrogens is 416 g/mol. The summed E-state index contributed by atoms with van der Waals surface area (Å²) in [6.07, 6.45) is 2.07. The van der Waals surface area contributed by atoms with Crippen LogP contribution in [0.2, 0.25) is 5.02 Å². The van der Waals surface area contributed by atoms with Crippen molar-refractivity contribution in [1.82, 2.24) is 20.2 Å². The highest BCUT2D eigenvalue weighted by molar-refractivity contribution is 6.33. The van der Waals surface area contributed by atoms with E-state index in [4.69, 9.17) is 16.3 Å².